The minimum atomic E-state index is -0.780. The smallest absolute Gasteiger partial charge is 0.269 e. The van der Waals surface area contributed by atoms with Crippen LogP contribution in [0.25, 0.3) is 11.0 Å². The zero-order chi connectivity index (χ0) is 28.0. The molecule has 0 saturated carbocycles. The fraction of sp³-hybridized carbons (Fsp3) is 0.200. The molecule has 3 aromatic carbocycles. The van der Waals surface area contributed by atoms with Crippen LogP contribution in [-0.2, 0) is 14.3 Å². The highest BCUT2D eigenvalue weighted by Gasteiger charge is 2.72. The van der Waals surface area contributed by atoms with Crippen molar-refractivity contribution in [3.05, 3.63) is 111 Å². The van der Waals surface area contributed by atoms with Gasteiger partial charge in [0.1, 0.15) is 11.8 Å². The lowest BCUT2D eigenvalue weighted by molar-refractivity contribution is -0.384. The van der Waals surface area contributed by atoms with Crippen molar-refractivity contribution >= 4 is 45.6 Å². The number of para-hydroxylation sites is 2. The summed E-state index contributed by atoms with van der Waals surface area (Å²) in [6.07, 6.45) is 0.0415. The summed E-state index contributed by atoms with van der Waals surface area (Å²) in [5.41, 5.74) is 1.86. The summed E-state index contributed by atoms with van der Waals surface area (Å²) >= 11 is 0. The van der Waals surface area contributed by atoms with Crippen LogP contribution in [-0.4, -0.2) is 40.7 Å². The van der Waals surface area contributed by atoms with Crippen LogP contribution in [0.3, 0.4) is 0 Å². The van der Waals surface area contributed by atoms with Gasteiger partial charge in [-0.3, -0.25) is 29.5 Å². The Hall–Kier alpha value is -5.16. The van der Waals surface area contributed by atoms with Gasteiger partial charge in [-0.2, -0.15) is 5.10 Å². The van der Waals surface area contributed by atoms with Crippen LogP contribution < -0.4 is 15.3 Å². The van der Waals surface area contributed by atoms with Gasteiger partial charge in [0.05, 0.1) is 69.0 Å². The van der Waals surface area contributed by atoms with Crippen LogP contribution in [0.4, 0.5) is 17.1 Å². The van der Waals surface area contributed by atoms with Crippen LogP contribution in [0.5, 0.6) is 0 Å². The largest absolute Gasteiger partial charge is 0.463 e. The lowest BCUT2D eigenvalue weighted by Gasteiger charge is -2.32. The van der Waals surface area contributed by atoms with Crippen molar-refractivity contribution in [2.75, 3.05) is 9.91 Å². The summed E-state index contributed by atoms with van der Waals surface area (Å²) in [6, 6.07) is 21.3. The van der Waals surface area contributed by atoms with E-state index in [1.165, 1.54) is 30.5 Å². The molecule has 5 heterocycles. The van der Waals surface area contributed by atoms with Gasteiger partial charge in [-0.25, -0.2) is 4.90 Å². The molecule has 1 aromatic heterocycles. The molecule has 4 aliphatic rings. The molecule has 4 aliphatic heterocycles. The zero-order valence-corrected chi connectivity index (χ0v) is 21.2. The van der Waals surface area contributed by atoms with E-state index >= 15 is 0 Å². The van der Waals surface area contributed by atoms with E-state index in [2.05, 4.69) is 0 Å². The molecule has 0 spiro atoms. The number of hydrazone groups is 1. The lowest BCUT2D eigenvalue weighted by atomic mass is 9.70. The van der Waals surface area contributed by atoms with Crippen molar-refractivity contribution in [1.82, 2.24) is 0 Å². The van der Waals surface area contributed by atoms with E-state index in [0.717, 1.165) is 10.6 Å². The number of nitro groups is 1. The maximum atomic E-state index is 13.8. The fourth-order valence-electron chi connectivity index (χ4n) is 6.89. The maximum absolute atomic E-state index is 13.8. The molecule has 0 N–H and O–H groups in total. The Morgan fingerprint density at radius 3 is 2.20 bits per heavy atom. The first-order chi connectivity index (χ1) is 19.9. The molecule has 11 nitrogen and oxygen atoms in total. The maximum Gasteiger partial charge on any atom is 0.269 e. The van der Waals surface area contributed by atoms with Gasteiger partial charge in [0, 0.05) is 12.1 Å². The number of imide groups is 1. The van der Waals surface area contributed by atoms with Gasteiger partial charge < -0.3 is 9.15 Å². The van der Waals surface area contributed by atoms with Crippen molar-refractivity contribution in [3.63, 3.8) is 0 Å². The molecule has 2 amide bonds. The molecule has 2 bridgehead atoms. The van der Waals surface area contributed by atoms with Gasteiger partial charge in [0.25, 0.3) is 5.69 Å². The summed E-state index contributed by atoms with van der Waals surface area (Å²) in [5.74, 6) is -2.84. The van der Waals surface area contributed by atoms with Crippen molar-refractivity contribution in [2.45, 2.75) is 18.2 Å². The van der Waals surface area contributed by atoms with Gasteiger partial charge in [-0.1, -0.05) is 30.3 Å². The van der Waals surface area contributed by atoms with E-state index in [9.17, 15) is 24.5 Å². The van der Waals surface area contributed by atoms with Gasteiger partial charge in [0.2, 0.25) is 17.2 Å². The van der Waals surface area contributed by atoms with Crippen molar-refractivity contribution in [2.24, 2.45) is 22.9 Å². The number of amides is 2. The molecule has 8 rings (SSSR count). The first kappa shape index (κ1) is 23.7. The van der Waals surface area contributed by atoms with Gasteiger partial charge in [-0.15, -0.1) is 0 Å². The summed E-state index contributed by atoms with van der Waals surface area (Å²) in [6.45, 7) is 0. The van der Waals surface area contributed by atoms with E-state index in [4.69, 9.17) is 14.3 Å². The molecule has 4 aromatic rings. The molecular weight excluding hydrogens is 528 g/mol. The average molecular weight is 549 g/mol. The molecule has 41 heavy (non-hydrogen) atoms. The predicted molar refractivity (Wildman–Crippen MR) is 146 cm³/mol. The Balaban J connectivity index is 1.23. The minimum Gasteiger partial charge on any atom is -0.463 e. The number of ether oxygens (including phenoxy) is 1. The number of benzene rings is 3. The van der Waals surface area contributed by atoms with Crippen LogP contribution in [0.15, 0.2) is 99.4 Å². The molecular formula is C30H20N4O7. The highest BCUT2D eigenvalue weighted by Crippen LogP contribution is 2.56. The van der Waals surface area contributed by atoms with E-state index in [1.807, 2.05) is 30.3 Å². The second-order valence-electron chi connectivity index (χ2n) is 10.6. The number of hydrogen-bond acceptors (Lipinski definition) is 9. The molecule has 0 radical (unpaired) electrons. The average Bonchev–Trinajstić information content (AvgIpc) is 3.73. The second kappa shape index (κ2) is 8.42. The van der Waals surface area contributed by atoms with E-state index in [1.54, 1.807) is 29.3 Å². The number of carbonyl (C=O) groups is 2. The third-order valence-electron chi connectivity index (χ3n) is 8.59. The van der Waals surface area contributed by atoms with E-state index < -0.39 is 52.7 Å². The van der Waals surface area contributed by atoms with Crippen molar-refractivity contribution < 1.29 is 23.7 Å². The third kappa shape index (κ3) is 3.17. The summed E-state index contributed by atoms with van der Waals surface area (Å²) in [5, 5.41) is 18.2. The fourth-order valence-corrected chi connectivity index (χ4v) is 6.89. The molecule has 3 saturated heterocycles. The Morgan fingerprint density at radius 2 is 1.46 bits per heavy atom. The quantitative estimate of drug-likeness (QED) is 0.215. The molecule has 6 atom stereocenters. The Bertz CT molecular complexity index is 1870. The Labute approximate surface area is 231 Å². The normalized spacial score (nSPS) is 27.9. The Kier molecular flexibility index (Phi) is 4.87. The van der Waals surface area contributed by atoms with Gasteiger partial charge in [-0.05, 0) is 36.4 Å². The summed E-state index contributed by atoms with van der Waals surface area (Å²) < 4.78 is 12.2. The number of nitro benzene ring substituents is 1. The van der Waals surface area contributed by atoms with Gasteiger partial charge >= 0.3 is 0 Å². The van der Waals surface area contributed by atoms with Crippen LogP contribution in [0.1, 0.15) is 5.56 Å². The number of non-ortho nitro benzene ring substituents is 1. The monoisotopic (exact) mass is 548 g/mol. The number of carbonyl (C=O) groups excluding carboxylic acids is 2. The number of anilines is 2. The lowest BCUT2D eigenvalue weighted by Crippen LogP contribution is -2.50. The number of hydrogen-bond donors (Lipinski definition) is 0. The van der Waals surface area contributed by atoms with Crippen LogP contribution in [0, 0.1) is 27.9 Å². The van der Waals surface area contributed by atoms with Crippen molar-refractivity contribution in [3.8, 4) is 0 Å². The molecule has 3 fully saturated rings. The number of fused-ring (bicyclic) bond motifs is 9. The third-order valence-corrected chi connectivity index (χ3v) is 8.59. The predicted octanol–water partition coefficient (Wildman–Crippen LogP) is 3.50. The SMILES string of the molecule is O=C1C2C3OC(C2C(=O)N1c1ccc([N+](=O)[O-])cc1)C1C3C(c2coc3ccccc3c2=O)=NN1c1ccccc1. The number of rotatable bonds is 4. The van der Waals surface area contributed by atoms with E-state index in [0.29, 0.717) is 16.7 Å². The van der Waals surface area contributed by atoms with Crippen LogP contribution >= 0.6 is 0 Å². The standard InChI is InChI=1S/C30H20N4O7/c35-26-18-8-4-5-9-20(18)40-14-19(26)24-23-25(33(31-24)16-6-2-1-3-7-16)28-22-21(27(23)41-28)29(36)32(30(22)37)15-10-12-17(13-11-15)34(38)39/h1-14,21-23,25,27-28H. The van der Waals surface area contributed by atoms with E-state index in [-0.39, 0.29) is 22.4 Å². The first-order valence-corrected chi connectivity index (χ1v) is 13.2. The molecule has 0 aliphatic carbocycles. The summed E-state index contributed by atoms with van der Waals surface area (Å²) in [4.78, 5) is 52.9. The topological polar surface area (TPSA) is 136 Å². The molecule has 6 unspecified atom stereocenters. The van der Waals surface area contributed by atoms with Gasteiger partial charge in [0.15, 0.2) is 0 Å². The second-order valence-corrected chi connectivity index (χ2v) is 10.6. The highest BCUT2D eigenvalue weighted by molar-refractivity contribution is 6.23. The minimum absolute atomic E-state index is 0.139. The first-order valence-electron chi connectivity index (χ1n) is 13.2. The number of nitrogens with zero attached hydrogens (tertiary/aromatic N) is 4. The molecule has 11 heteroatoms. The van der Waals surface area contributed by atoms with Crippen LogP contribution in [0.2, 0.25) is 0 Å². The zero-order valence-electron chi connectivity index (χ0n) is 21.2. The summed E-state index contributed by atoms with van der Waals surface area (Å²) in [7, 11) is 0. The molecule has 202 valence electrons. The van der Waals surface area contributed by atoms with Crippen molar-refractivity contribution in [1.29, 1.82) is 0 Å². The highest BCUT2D eigenvalue weighted by atomic mass is 16.6. The Morgan fingerprint density at radius 1 is 0.780 bits per heavy atom.